The van der Waals surface area contributed by atoms with Crippen LogP contribution in [0.4, 0.5) is 5.69 Å². The van der Waals surface area contributed by atoms with Gasteiger partial charge in [0.25, 0.3) is 17.4 Å². The molecule has 2 amide bonds. The molecule has 1 heterocycles. The van der Waals surface area contributed by atoms with Gasteiger partial charge in [-0.2, -0.15) is 5.10 Å². The van der Waals surface area contributed by atoms with E-state index in [0.717, 1.165) is 6.26 Å². The van der Waals surface area contributed by atoms with Crippen LogP contribution in [0.5, 0.6) is 0 Å². The fraction of sp³-hybridized carbons (Fsp3) is 0.200. The molecule has 2 aromatic carbocycles. The van der Waals surface area contributed by atoms with E-state index in [-0.39, 0.29) is 22.5 Å². The summed E-state index contributed by atoms with van der Waals surface area (Å²) in [6.45, 7) is 2.21. The molecule has 3 aromatic rings. The number of fused-ring (bicyclic) bond motifs is 1. The van der Waals surface area contributed by atoms with Crippen LogP contribution in [-0.2, 0) is 16.6 Å². The first-order chi connectivity index (χ1) is 14.7. The summed E-state index contributed by atoms with van der Waals surface area (Å²) in [5, 5.41) is 4.85. The molecule has 10 nitrogen and oxygen atoms in total. The molecule has 0 saturated heterocycles. The Labute approximate surface area is 178 Å². The molecular formula is C20H21N5O5S. The van der Waals surface area contributed by atoms with Gasteiger partial charge in [-0.15, -0.1) is 0 Å². The van der Waals surface area contributed by atoms with Crippen LogP contribution in [0.25, 0.3) is 10.8 Å². The average molecular weight is 443 g/mol. The number of hydrogen-bond acceptors (Lipinski definition) is 6. The molecule has 0 bridgehead atoms. The van der Waals surface area contributed by atoms with E-state index in [1.807, 2.05) is 6.92 Å². The molecule has 3 N–H and O–H groups in total. The normalized spacial score (nSPS) is 11.2. The Morgan fingerprint density at radius 3 is 2.26 bits per heavy atom. The summed E-state index contributed by atoms with van der Waals surface area (Å²) >= 11 is 0. The number of benzene rings is 2. The number of carbonyl (C=O) groups excluding carboxylic acids is 2. The Balaban J connectivity index is 1.87. The Morgan fingerprint density at radius 1 is 0.968 bits per heavy atom. The standard InChI is InChI=1S/C20H21N5O5S/c1-3-12-25-20(28)14-9-5-4-8-13(14)17(23-25)19(27)22-21-18(26)15-10-6-7-11-16(15)24-31(2,29)30/h4-11,24H,3,12H2,1-2H3,(H,21,26)(H,22,27). The lowest BCUT2D eigenvalue weighted by Gasteiger charge is -2.13. The number of amides is 2. The number of aryl methyl sites for hydroxylation is 1. The first-order valence-electron chi connectivity index (χ1n) is 9.38. The second kappa shape index (κ2) is 8.96. The minimum atomic E-state index is -3.61. The Kier molecular flexibility index (Phi) is 6.35. The van der Waals surface area contributed by atoms with Crippen LogP contribution in [0.15, 0.2) is 53.3 Å². The molecule has 0 fully saturated rings. The highest BCUT2D eigenvalue weighted by atomic mass is 32.2. The summed E-state index contributed by atoms with van der Waals surface area (Å²) in [5.41, 5.74) is 4.28. The van der Waals surface area contributed by atoms with Crippen molar-refractivity contribution < 1.29 is 18.0 Å². The molecule has 0 aliphatic heterocycles. The van der Waals surface area contributed by atoms with Crippen LogP contribution < -0.4 is 21.1 Å². The summed E-state index contributed by atoms with van der Waals surface area (Å²) in [6, 6.07) is 12.5. The smallest absolute Gasteiger partial charge is 0.283 e. The van der Waals surface area contributed by atoms with E-state index < -0.39 is 21.8 Å². The minimum absolute atomic E-state index is 0.0157. The molecule has 0 unspecified atom stereocenters. The second-order valence-electron chi connectivity index (χ2n) is 6.75. The summed E-state index contributed by atoms with van der Waals surface area (Å²) in [5.74, 6) is -1.45. The van der Waals surface area contributed by atoms with E-state index >= 15 is 0 Å². The third kappa shape index (κ3) is 5.07. The van der Waals surface area contributed by atoms with Crippen LogP contribution in [0.2, 0.25) is 0 Å². The van der Waals surface area contributed by atoms with Crippen LogP contribution in [0.1, 0.15) is 34.2 Å². The number of sulfonamides is 1. The average Bonchev–Trinajstić information content (AvgIpc) is 2.73. The summed E-state index contributed by atoms with van der Waals surface area (Å²) in [4.78, 5) is 37.8. The zero-order valence-corrected chi connectivity index (χ0v) is 17.7. The largest absolute Gasteiger partial charge is 0.290 e. The van der Waals surface area contributed by atoms with Crippen molar-refractivity contribution in [3.05, 3.63) is 70.1 Å². The molecular weight excluding hydrogens is 422 g/mol. The van der Waals surface area contributed by atoms with Crippen LogP contribution >= 0.6 is 0 Å². The number of nitrogens with one attached hydrogen (secondary N) is 3. The van der Waals surface area contributed by atoms with Gasteiger partial charge in [0.1, 0.15) is 0 Å². The lowest BCUT2D eigenvalue weighted by atomic mass is 10.1. The highest BCUT2D eigenvalue weighted by Gasteiger charge is 2.19. The van der Waals surface area contributed by atoms with Crippen molar-refractivity contribution >= 4 is 38.3 Å². The van der Waals surface area contributed by atoms with Gasteiger partial charge >= 0.3 is 0 Å². The fourth-order valence-electron chi connectivity index (χ4n) is 2.98. The van der Waals surface area contributed by atoms with Gasteiger partial charge in [0.15, 0.2) is 5.69 Å². The number of hydrazine groups is 1. The highest BCUT2D eigenvalue weighted by molar-refractivity contribution is 7.92. The number of anilines is 1. The monoisotopic (exact) mass is 443 g/mol. The van der Waals surface area contributed by atoms with Crippen molar-refractivity contribution in [3.63, 3.8) is 0 Å². The number of para-hydroxylation sites is 1. The van der Waals surface area contributed by atoms with E-state index in [4.69, 9.17) is 0 Å². The third-order valence-corrected chi connectivity index (χ3v) is 4.87. The number of hydrogen-bond donors (Lipinski definition) is 3. The Morgan fingerprint density at radius 2 is 1.58 bits per heavy atom. The van der Waals surface area contributed by atoms with Gasteiger partial charge in [0.05, 0.1) is 22.9 Å². The highest BCUT2D eigenvalue weighted by Crippen LogP contribution is 2.16. The summed E-state index contributed by atoms with van der Waals surface area (Å²) < 4.78 is 26.5. The topological polar surface area (TPSA) is 139 Å². The van der Waals surface area contributed by atoms with Crippen LogP contribution in [0.3, 0.4) is 0 Å². The lowest BCUT2D eigenvalue weighted by molar-refractivity contribution is 0.0844. The third-order valence-electron chi connectivity index (χ3n) is 4.27. The molecule has 0 aliphatic rings. The maximum Gasteiger partial charge on any atom is 0.290 e. The number of nitrogens with zero attached hydrogens (tertiary/aromatic N) is 2. The maximum absolute atomic E-state index is 12.8. The SMILES string of the molecule is CCCn1nc(C(=O)NNC(=O)c2ccccc2NS(C)(=O)=O)c2ccccc2c1=O. The van der Waals surface area contributed by atoms with Gasteiger partial charge < -0.3 is 0 Å². The van der Waals surface area contributed by atoms with Crippen molar-refractivity contribution in [3.8, 4) is 0 Å². The van der Waals surface area contributed by atoms with Crippen LogP contribution in [-0.4, -0.2) is 36.3 Å². The zero-order chi connectivity index (χ0) is 22.6. The van der Waals surface area contributed by atoms with Crippen molar-refractivity contribution in [1.82, 2.24) is 20.6 Å². The Bertz CT molecular complexity index is 1320. The van der Waals surface area contributed by atoms with Gasteiger partial charge in [-0.25, -0.2) is 13.1 Å². The van der Waals surface area contributed by atoms with E-state index in [2.05, 4.69) is 20.7 Å². The number of carbonyl (C=O) groups is 2. The van der Waals surface area contributed by atoms with E-state index in [1.54, 1.807) is 36.4 Å². The molecule has 0 radical (unpaired) electrons. The predicted octanol–water partition coefficient (Wildman–Crippen LogP) is 1.25. The van der Waals surface area contributed by atoms with Crippen molar-refractivity contribution in [2.45, 2.75) is 19.9 Å². The van der Waals surface area contributed by atoms with Gasteiger partial charge in [0, 0.05) is 11.9 Å². The zero-order valence-electron chi connectivity index (χ0n) is 16.9. The molecule has 0 atom stereocenters. The van der Waals surface area contributed by atoms with E-state index in [9.17, 15) is 22.8 Å². The number of aromatic nitrogens is 2. The van der Waals surface area contributed by atoms with Crippen molar-refractivity contribution in [2.75, 3.05) is 11.0 Å². The Hall–Kier alpha value is -3.73. The molecule has 1 aromatic heterocycles. The summed E-state index contributed by atoms with van der Waals surface area (Å²) in [6.07, 6.45) is 1.61. The molecule has 0 aliphatic carbocycles. The van der Waals surface area contributed by atoms with E-state index in [0.29, 0.717) is 23.7 Å². The van der Waals surface area contributed by atoms with Crippen molar-refractivity contribution in [1.29, 1.82) is 0 Å². The van der Waals surface area contributed by atoms with Gasteiger partial charge in [-0.3, -0.25) is 30.0 Å². The molecule has 3 rings (SSSR count). The van der Waals surface area contributed by atoms with Crippen molar-refractivity contribution in [2.24, 2.45) is 0 Å². The molecule has 11 heteroatoms. The van der Waals surface area contributed by atoms with Gasteiger partial charge in [-0.05, 0) is 24.6 Å². The van der Waals surface area contributed by atoms with E-state index in [1.165, 1.54) is 16.8 Å². The maximum atomic E-state index is 12.8. The predicted molar refractivity (Wildman–Crippen MR) is 116 cm³/mol. The van der Waals surface area contributed by atoms with Crippen LogP contribution in [0, 0.1) is 0 Å². The molecule has 0 spiro atoms. The molecule has 31 heavy (non-hydrogen) atoms. The molecule has 162 valence electrons. The van der Waals surface area contributed by atoms with Gasteiger partial charge in [0.2, 0.25) is 10.0 Å². The second-order valence-corrected chi connectivity index (χ2v) is 8.50. The minimum Gasteiger partial charge on any atom is -0.283 e. The first-order valence-corrected chi connectivity index (χ1v) is 11.3. The van der Waals surface area contributed by atoms with Gasteiger partial charge in [-0.1, -0.05) is 37.3 Å². The molecule has 0 saturated carbocycles. The quantitative estimate of drug-likeness (QED) is 0.490. The lowest BCUT2D eigenvalue weighted by Crippen LogP contribution is -2.43. The summed E-state index contributed by atoms with van der Waals surface area (Å²) in [7, 11) is -3.61. The number of rotatable bonds is 6. The first kappa shape index (κ1) is 22.0. The fourth-order valence-corrected chi connectivity index (χ4v) is 3.55.